The Bertz CT molecular complexity index is 1380. The molecule has 3 aromatic rings. The Hall–Kier alpha value is -4.34. The minimum absolute atomic E-state index is 0.0457. The second-order valence-electron chi connectivity index (χ2n) is 9.92. The predicted octanol–water partition coefficient (Wildman–Crippen LogP) is 6.74. The van der Waals surface area contributed by atoms with Crippen LogP contribution in [0.2, 0.25) is 0 Å². The molecule has 0 bridgehead atoms. The number of amidine groups is 1. The number of hydrogen-bond donors (Lipinski definition) is 2. The zero-order valence-corrected chi connectivity index (χ0v) is 22.2. The van der Waals surface area contributed by atoms with Crippen LogP contribution in [-0.4, -0.2) is 23.5 Å². The molecular formula is C29H30F3N3O4. The lowest BCUT2D eigenvalue weighted by Gasteiger charge is -2.22. The van der Waals surface area contributed by atoms with E-state index in [4.69, 9.17) is 15.3 Å². The first-order chi connectivity index (χ1) is 18.2. The topological polar surface area (TPSA) is 103 Å². The SMILES string of the molecule is Cc1ccccc1-c1ccc(C(=O)O/N=C(/N)c2ccc([C@@H](C)NC(=O)OC(C)(C)C)cc2)cc1C(F)(F)F. The summed E-state index contributed by atoms with van der Waals surface area (Å²) in [6, 6.07) is 16.1. The summed E-state index contributed by atoms with van der Waals surface area (Å²) in [6.07, 6.45) is -5.26. The molecule has 0 spiro atoms. The number of alkyl carbamates (subject to hydrolysis) is 1. The monoisotopic (exact) mass is 541 g/mol. The molecule has 206 valence electrons. The lowest BCUT2D eigenvalue weighted by Crippen LogP contribution is -2.34. The summed E-state index contributed by atoms with van der Waals surface area (Å²) in [7, 11) is 0. The van der Waals surface area contributed by atoms with Crippen molar-refractivity contribution in [1.29, 1.82) is 0 Å². The van der Waals surface area contributed by atoms with E-state index in [9.17, 15) is 22.8 Å². The Morgan fingerprint density at radius 3 is 2.13 bits per heavy atom. The maximum absolute atomic E-state index is 13.8. The minimum Gasteiger partial charge on any atom is -0.444 e. The number of ether oxygens (including phenoxy) is 1. The van der Waals surface area contributed by atoms with Gasteiger partial charge in [-0.3, -0.25) is 0 Å². The normalized spacial score (nSPS) is 13.0. The Balaban J connectivity index is 1.73. The quantitative estimate of drug-likeness (QED) is 0.156. The van der Waals surface area contributed by atoms with E-state index in [1.54, 1.807) is 83.1 Å². The van der Waals surface area contributed by atoms with Crippen molar-refractivity contribution in [3.63, 3.8) is 0 Å². The van der Waals surface area contributed by atoms with Crippen molar-refractivity contribution < 1.29 is 32.3 Å². The molecule has 0 saturated carbocycles. The number of amides is 1. The third kappa shape index (κ3) is 7.83. The maximum atomic E-state index is 13.8. The van der Waals surface area contributed by atoms with Crippen molar-refractivity contribution in [2.45, 2.75) is 52.4 Å². The highest BCUT2D eigenvalue weighted by Gasteiger charge is 2.35. The Morgan fingerprint density at radius 2 is 1.54 bits per heavy atom. The van der Waals surface area contributed by atoms with Crippen LogP contribution in [0.5, 0.6) is 0 Å². The van der Waals surface area contributed by atoms with Gasteiger partial charge >= 0.3 is 18.2 Å². The molecule has 1 atom stereocenters. The molecule has 0 radical (unpaired) electrons. The van der Waals surface area contributed by atoms with Gasteiger partial charge in [0.15, 0.2) is 5.84 Å². The van der Waals surface area contributed by atoms with Gasteiger partial charge in [0.25, 0.3) is 0 Å². The number of carbonyl (C=O) groups excluding carboxylic acids is 2. The van der Waals surface area contributed by atoms with E-state index in [1.165, 1.54) is 12.1 Å². The molecule has 7 nitrogen and oxygen atoms in total. The van der Waals surface area contributed by atoms with Crippen LogP contribution in [0.4, 0.5) is 18.0 Å². The van der Waals surface area contributed by atoms with E-state index in [1.807, 2.05) is 0 Å². The van der Waals surface area contributed by atoms with Gasteiger partial charge in [0.2, 0.25) is 0 Å². The van der Waals surface area contributed by atoms with Gasteiger partial charge in [0, 0.05) is 5.56 Å². The molecule has 1 amide bonds. The van der Waals surface area contributed by atoms with Crippen molar-refractivity contribution in [2.75, 3.05) is 0 Å². The second kappa shape index (κ2) is 11.6. The molecule has 0 saturated heterocycles. The summed E-state index contributed by atoms with van der Waals surface area (Å²) < 4.78 is 46.8. The number of nitrogens with two attached hydrogens (primary N) is 1. The molecule has 0 aliphatic rings. The highest BCUT2D eigenvalue weighted by atomic mass is 19.4. The van der Waals surface area contributed by atoms with E-state index in [0.717, 1.165) is 11.6 Å². The van der Waals surface area contributed by atoms with Crippen LogP contribution in [-0.2, 0) is 15.8 Å². The standard InChI is InChI=1S/C29H30F3N3O4/c1-17-8-6-7-9-22(17)23-15-14-21(16-24(23)29(30,31)32)26(36)39-35-25(33)20-12-10-19(11-13-20)18(2)34-27(37)38-28(3,4)5/h6-16,18H,1-5H3,(H2,33,35)(H,34,37)/t18-/m1/s1. The van der Waals surface area contributed by atoms with Gasteiger partial charge in [0.1, 0.15) is 5.60 Å². The zero-order chi connectivity index (χ0) is 29.0. The van der Waals surface area contributed by atoms with Gasteiger partial charge in [0.05, 0.1) is 17.2 Å². The molecule has 0 aromatic heterocycles. The smallest absolute Gasteiger partial charge is 0.417 e. The molecule has 3 aromatic carbocycles. The fourth-order valence-corrected chi connectivity index (χ4v) is 3.72. The molecule has 0 unspecified atom stereocenters. The number of nitrogens with one attached hydrogen (secondary N) is 1. The number of oxime groups is 1. The predicted molar refractivity (Wildman–Crippen MR) is 142 cm³/mol. The fraction of sp³-hybridized carbons (Fsp3) is 0.276. The highest BCUT2D eigenvalue weighted by Crippen LogP contribution is 2.38. The van der Waals surface area contributed by atoms with Gasteiger partial charge in [-0.2, -0.15) is 13.2 Å². The van der Waals surface area contributed by atoms with Crippen LogP contribution in [0.25, 0.3) is 11.1 Å². The minimum atomic E-state index is -4.70. The number of rotatable bonds is 6. The first-order valence-corrected chi connectivity index (χ1v) is 12.1. The van der Waals surface area contributed by atoms with Crippen LogP contribution in [0.1, 0.15) is 66.3 Å². The van der Waals surface area contributed by atoms with Crippen molar-refractivity contribution in [3.05, 3.63) is 94.5 Å². The summed E-state index contributed by atoms with van der Waals surface area (Å²) in [5, 5.41) is 6.31. The number of alkyl halides is 3. The molecule has 10 heteroatoms. The molecule has 0 heterocycles. The molecule has 0 aliphatic heterocycles. The average molecular weight is 542 g/mol. The van der Waals surface area contributed by atoms with Gasteiger partial charge in [-0.1, -0.05) is 59.8 Å². The summed E-state index contributed by atoms with van der Waals surface area (Å²) in [6.45, 7) is 8.77. The van der Waals surface area contributed by atoms with Gasteiger partial charge < -0.3 is 20.6 Å². The number of hydrogen-bond acceptors (Lipinski definition) is 5. The third-order valence-electron chi connectivity index (χ3n) is 5.66. The lowest BCUT2D eigenvalue weighted by atomic mass is 9.94. The fourth-order valence-electron chi connectivity index (χ4n) is 3.72. The Morgan fingerprint density at radius 1 is 0.923 bits per heavy atom. The van der Waals surface area contributed by atoms with Crippen molar-refractivity contribution >= 4 is 17.9 Å². The highest BCUT2D eigenvalue weighted by molar-refractivity contribution is 5.98. The first kappa shape index (κ1) is 29.2. The maximum Gasteiger partial charge on any atom is 0.417 e. The largest absolute Gasteiger partial charge is 0.444 e. The van der Waals surface area contributed by atoms with Gasteiger partial charge in [-0.15, -0.1) is 0 Å². The molecule has 0 aliphatic carbocycles. The van der Waals surface area contributed by atoms with E-state index in [2.05, 4.69) is 10.5 Å². The van der Waals surface area contributed by atoms with Gasteiger partial charge in [-0.05, 0) is 69.0 Å². The van der Waals surface area contributed by atoms with Crippen molar-refractivity contribution in [3.8, 4) is 11.1 Å². The summed E-state index contributed by atoms with van der Waals surface area (Å²) in [4.78, 5) is 29.3. The summed E-state index contributed by atoms with van der Waals surface area (Å²) >= 11 is 0. The lowest BCUT2D eigenvalue weighted by molar-refractivity contribution is -0.137. The van der Waals surface area contributed by atoms with E-state index in [-0.39, 0.29) is 23.0 Å². The van der Waals surface area contributed by atoms with Gasteiger partial charge in [-0.25, -0.2) is 9.59 Å². The van der Waals surface area contributed by atoms with Crippen LogP contribution in [0.3, 0.4) is 0 Å². The molecule has 39 heavy (non-hydrogen) atoms. The Kier molecular flexibility index (Phi) is 8.68. The number of nitrogens with zero attached hydrogens (tertiary/aromatic N) is 1. The average Bonchev–Trinajstić information content (AvgIpc) is 2.85. The van der Waals surface area contributed by atoms with Crippen LogP contribution in [0, 0.1) is 6.92 Å². The second-order valence-corrected chi connectivity index (χ2v) is 9.92. The van der Waals surface area contributed by atoms with E-state index >= 15 is 0 Å². The number of carbonyl (C=O) groups is 2. The number of aryl methyl sites for hydroxylation is 1. The zero-order valence-electron chi connectivity index (χ0n) is 22.2. The van der Waals surface area contributed by atoms with Crippen LogP contribution >= 0.6 is 0 Å². The summed E-state index contributed by atoms with van der Waals surface area (Å²) in [5.41, 5.74) is 6.18. The van der Waals surface area contributed by atoms with E-state index in [0.29, 0.717) is 16.7 Å². The molecule has 3 rings (SSSR count). The molecular weight excluding hydrogens is 511 g/mol. The van der Waals surface area contributed by atoms with Crippen molar-refractivity contribution in [1.82, 2.24) is 5.32 Å². The summed E-state index contributed by atoms with van der Waals surface area (Å²) in [5.74, 6) is -1.25. The van der Waals surface area contributed by atoms with Crippen LogP contribution in [0.15, 0.2) is 71.9 Å². The molecule has 3 N–H and O–H groups in total. The molecule has 0 fully saturated rings. The van der Waals surface area contributed by atoms with Crippen molar-refractivity contribution in [2.24, 2.45) is 10.9 Å². The van der Waals surface area contributed by atoms with Crippen LogP contribution < -0.4 is 11.1 Å². The number of benzene rings is 3. The Labute approximate surface area is 224 Å². The third-order valence-corrected chi connectivity index (χ3v) is 5.66. The first-order valence-electron chi connectivity index (χ1n) is 12.1. The van der Waals surface area contributed by atoms with E-state index < -0.39 is 29.4 Å². The number of halogens is 3.